The van der Waals surface area contributed by atoms with Crippen molar-refractivity contribution in [3.8, 4) is 22.5 Å². The molecule has 8 nitrogen and oxygen atoms in total. The Morgan fingerprint density at radius 2 is 1.63 bits per heavy atom. The third-order valence-electron chi connectivity index (χ3n) is 11.2. The van der Waals surface area contributed by atoms with Gasteiger partial charge in [-0.2, -0.15) is 0 Å². The van der Waals surface area contributed by atoms with Crippen LogP contribution in [0.4, 0.5) is 0 Å². The zero-order chi connectivity index (χ0) is 35.1. The van der Waals surface area contributed by atoms with Gasteiger partial charge in [0, 0.05) is 69.3 Å². The lowest BCUT2D eigenvalue weighted by Gasteiger charge is -2.43. The molecule has 0 radical (unpaired) electrons. The molecule has 0 spiro atoms. The summed E-state index contributed by atoms with van der Waals surface area (Å²) in [5.41, 5.74) is 5.36. The van der Waals surface area contributed by atoms with Gasteiger partial charge in [-0.25, -0.2) is 4.98 Å². The Hall–Kier alpha value is -3.37. The number of imidazole rings is 1. The highest BCUT2D eigenvalue weighted by molar-refractivity contribution is 6.35. The predicted octanol–water partition coefficient (Wildman–Crippen LogP) is 8.72. The van der Waals surface area contributed by atoms with E-state index in [0.29, 0.717) is 34.0 Å². The van der Waals surface area contributed by atoms with Gasteiger partial charge < -0.3 is 19.6 Å². The van der Waals surface area contributed by atoms with Gasteiger partial charge in [-0.1, -0.05) is 96.5 Å². The average Bonchev–Trinajstić information content (AvgIpc) is 3.89. The predicted molar refractivity (Wildman–Crippen MR) is 206 cm³/mol. The number of aromatic nitrogens is 3. The van der Waals surface area contributed by atoms with Crippen molar-refractivity contribution in [1.82, 2.24) is 29.7 Å². The molecule has 4 heterocycles. The standard InChI is InChI=1S/C40H43Cl3N6O2/c1-25(30-14-12-27(41)20-32(30)43)49-24-44-37(26-8-4-2-5-9-26)39(49)36-31-15-13-28(42)21-33(31)45-38(36)40(50)46-34-22-51-23-35(34)48-18-16-47(17-19-48)29-10-6-3-7-11-29/h2,4-5,8-9,12-15,20-21,24-25,29,34-35,45H,3,6-7,10-11,16-19,22-23H2,1H3,(H,46,50)/t25?,34-,35?/m0/s1. The lowest BCUT2D eigenvalue weighted by atomic mass is 9.93. The molecule has 1 aliphatic carbocycles. The SMILES string of the molecule is CC(c1ccc(Cl)cc1Cl)n1cnc(-c2ccccc2)c1-c1c(C(=O)N[C@H]2COCC2N2CCN(C3CCCCC3)CC2)[nH]c2cc(Cl)ccc12. The van der Waals surface area contributed by atoms with Crippen LogP contribution < -0.4 is 5.32 Å². The van der Waals surface area contributed by atoms with E-state index in [-0.39, 0.29) is 24.0 Å². The van der Waals surface area contributed by atoms with Crippen molar-refractivity contribution < 1.29 is 9.53 Å². The fourth-order valence-electron chi connectivity index (χ4n) is 8.45. The molecule has 3 aromatic carbocycles. The van der Waals surface area contributed by atoms with Crippen LogP contribution in [0, 0.1) is 0 Å². The number of hydrogen-bond acceptors (Lipinski definition) is 5. The van der Waals surface area contributed by atoms with E-state index in [1.165, 1.54) is 32.1 Å². The maximum Gasteiger partial charge on any atom is 0.268 e. The Morgan fingerprint density at radius 1 is 0.902 bits per heavy atom. The second kappa shape index (κ2) is 14.9. The summed E-state index contributed by atoms with van der Waals surface area (Å²) in [6.07, 6.45) is 8.53. The summed E-state index contributed by atoms with van der Waals surface area (Å²) in [4.78, 5) is 28.3. The summed E-state index contributed by atoms with van der Waals surface area (Å²) in [5.74, 6) is -0.192. The first-order valence-electron chi connectivity index (χ1n) is 18.1. The number of amides is 1. The summed E-state index contributed by atoms with van der Waals surface area (Å²) >= 11 is 19.6. The summed E-state index contributed by atoms with van der Waals surface area (Å²) in [6, 6.07) is 21.7. The minimum Gasteiger partial charge on any atom is -0.378 e. The van der Waals surface area contributed by atoms with Crippen molar-refractivity contribution in [3.05, 3.63) is 99.4 Å². The van der Waals surface area contributed by atoms with Gasteiger partial charge in [-0.3, -0.25) is 14.6 Å². The molecule has 3 fully saturated rings. The van der Waals surface area contributed by atoms with Crippen molar-refractivity contribution in [2.24, 2.45) is 0 Å². The van der Waals surface area contributed by atoms with E-state index >= 15 is 0 Å². The number of ether oxygens (including phenoxy) is 1. The van der Waals surface area contributed by atoms with E-state index in [0.717, 1.165) is 71.2 Å². The van der Waals surface area contributed by atoms with E-state index in [2.05, 4.69) is 31.6 Å². The largest absolute Gasteiger partial charge is 0.378 e. The number of piperazine rings is 1. The van der Waals surface area contributed by atoms with E-state index in [1.807, 2.05) is 67.0 Å². The van der Waals surface area contributed by atoms with Crippen LogP contribution in [0.1, 0.15) is 61.1 Å². The van der Waals surface area contributed by atoms with Crippen LogP contribution in [0.25, 0.3) is 33.4 Å². The van der Waals surface area contributed by atoms with Gasteiger partial charge in [0.05, 0.1) is 49.1 Å². The number of hydrogen-bond donors (Lipinski definition) is 2. The molecule has 2 saturated heterocycles. The number of H-pyrrole nitrogens is 1. The van der Waals surface area contributed by atoms with Crippen LogP contribution >= 0.6 is 34.8 Å². The van der Waals surface area contributed by atoms with Crippen molar-refractivity contribution in [2.75, 3.05) is 39.4 Å². The van der Waals surface area contributed by atoms with Gasteiger partial charge in [-0.15, -0.1) is 0 Å². The minimum absolute atomic E-state index is 0.113. The van der Waals surface area contributed by atoms with E-state index < -0.39 is 0 Å². The van der Waals surface area contributed by atoms with Crippen molar-refractivity contribution in [3.63, 3.8) is 0 Å². The van der Waals surface area contributed by atoms with Gasteiger partial charge in [0.1, 0.15) is 5.69 Å². The minimum atomic E-state index is -0.234. The zero-order valence-corrected chi connectivity index (χ0v) is 31.0. The molecular weight excluding hydrogens is 703 g/mol. The number of carbonyl (C=O) groups is 1. The first kappa shape index (κ1) is 34.7. The Kier molecular flexibility index (Phi) is 10.2. The van der Waals surface area contributed by atoms with E-state index in [4.69, 9.17) is 44.5 Å². The number of nitrogens with zero attached hydrogens (tertiary/aromatic N) is 4. The van der Waals surface area contributed by atoms with Crippen LogP contribution in [0.5, 0.6) is 0 Å². The Balaban J connectivity index is 1.15. The molecule has 51 heavy (non-hydrogen) atoms. The Morgan fingerprint density at radius 3 is 2.39 bits per heavy atom. The molecule has 2 aliphatic heterocycles. The first-order valence-corrected chi connectivity index (χ1v) is 19.2. The number of halogens is 3. The quantitative estimate of drug-likeness (QED) is 0.166. The molecule has 2 unspecified atom stereocenters. The summed E-state index contributed by atoms with van der Waals surface area (Å²) in [5, 5.41) is 5.98. The fourth-order valence-corrected chi connectivity index (χ4v) is 9.19. The molecule has 0 bridgehead atoms. The average molecular weight is 746 g/mol. The number of nitrogens with one attached hydrogen (secondary N) is 2. The van der Waals surface area contributed by atoms with Crippen LogP contribution in [0.3, 0.4) is 0 Å². The lowest BCUT2D eigenvalue weighted by molar-refractivity contribution is 0.0474. The maximum atomic E-state index is 14.6. The normalized spacial score (nSPS) is 21.3. The van der Waals surface area contributed by atoms with Crippen molar-refractivity contribution >= 4 is 51.6 Å². The number of benzene rings is 3. The topological polar surface area (TPSA) is 78.4 Å². The number of carbonyl (C=O) groups excluding carboxylic acids is 1. The maximum absolute atomic E-state index is 14.6. The molecule has 2 N–H and O–H groups in total. The van der Waals surface area contributed by atoms with Gasteiger partial charge in [0.25, 0.3) is 5.91 Å². The highest BCUT2D eigenvalue weighted by atomic mass is 35.5. The number of aromatic amines is 1. The molecule has 8 rings (SSSR count). The molecule has 1 saturated carbocycles. The monoisotopic (exact) mass is 744 g/mol. The Labute approximate surface area is 314 Å². The molecule has 5 aromatic rings. The zero-order valence-electron chi connectivity index (χ0n) is 28.8. The summed E-state index contributed by atoms with van der Waals surface area (Å²) < 4.78 is 8.14. The molecule has 3 aliphatic rings. The number of fused-ring (bicyclic) bond motifs is 1. The smallest absolute Gasteiger partial charge is 0.268 e. The Bertz CT molecular complexity index is 2020. The second-order valence-corrected chi connectivity index (χ2v) is 15.5. The highest BCUT2D eigenvalue weighted by Crippen LogP contribution is 2.42. The van der Waals surface area contributed by atoms with Crippen molar-refractivity contribution in [1.29, 1.82) is 0 Å². The van der Waals surface area contributed by atoms with Gasteiger partial charge in [-0.05, 0) is 49.6 Å². The summed E-state index contributed by atoms with van der Waals surface area (Å²) in [6.45, 7) is 7.26. The third kappa shape index (κ3) is 6.95. The van der Waals surface area contributed by atoms with Gasteiger partial charge in [0.2, 0.25) is 0 Å². The molecule has 1 amide bonds. The van der Waals surface area contributed by atoms with E-state index in [1.54, 1.807) is 6.07 Å². The lowest BCUT2D eigenvalue weighted by Crippen LogP contribution is -2.58. The molecule has 266 valence electrons. The number of rotatable bonds is 8. The van der Waals surface area contributed by atoms with Gasteiger partial charge >= 0.3 is 0 Å². The molecular formula is C40H43Cl3N6O2. The second-order valence-electron chi connectivity index (χ2n) is 14.2. The fraction of sp³-hybridized carbons (Fsp3) is 0.400. The molecule has 3 atom stereocenters. The van der Waals surface area contributed by atoms with Crippen LogP contribution in [-0.4, -0.2) is 87.8 Å². The molecule has 11 heteroatoms. The molecule has 2 aromatic heterocycles. The first-order chi connectivity index (χ1) is 24.9. The highest BCUT2D eigenvalue weighted by Gasteiger charge is 2.38. The van der Waals surface area contributed by atoms with E-state index in [9.17, 15) is 4.79 Å². The van der Waals surface area contributed by atoms with Gasteiger partial charge in [0.15, 0.2) is 0 Å². The summed E-state index contributed by atoms with van der Waals surface area (Å²) in [7, 11) is 0. The van der Waals surface area contributed by atoms with Crippen LogP contribution in [-0.2, 0) is 4.74 Å². The van der Waals surface area contributed by atoms with Crippen molar-refractivity contribution in [2.45, 2.75) is 63.2 Å². The van der Waals surface area contributed by atoms with Crippen LogP contribution in [0.15, 0.2) is 73.1 Å². The third-order valence-corrected chi connectivity index (χ3v) is 12.0. The van der Waals surface area contributed by atoms with Crippen LogP contribution in [0.2, 0.25) is 15.1 Å².